The Morgan fingerprint density at radius 3 is 2.41 bits per heavy atom. The third-order valence-corrected chi connectivity index (χ3v) is 4.64. The molecule has 0 fully saturated rings. The molecule has 0 aromatic heterocycles. The summed E-state index contributed by atoms with van der Waals surface area (Å²) in [7, 11) is 0. The quantitative estimate of drug-likeness (QED) is 0.710. The van der Waals surface area contributed by atoms with Crippen LogP contribution in [0, 0.1) is 14.9 Å². The Kier molecular flexibility index (Phi) is 5.56. The number of carbonyl (C=O) groups is 1. The molecule has 0 saturated heterocycles. The van der Waals surface area contributed by atoms with Crippen molar-refractivity contribution >= 4 is 28.5 Å². The average molecular weight is 404 g/mol. The van der Waals surface area contributed by atoms with Gasteiger partial charge in [0.1, 0.15) is 0 Å². The first kappa shape index (κ1) is 16.5. The van der Waals surface area contributed by atoms with Gasteiger partial charge in [0, 0.05) is 10.1 Å². The lowest BCUT2D eigenvalue weighted by Gasteiger charge is -2.29. The van der Waals surface area contributed by atoms with E-state index in [1.54, 1.807) is 12.1 Å². The second kappa shape index (κ2) is 7.41. The highest BCUT2D eigenvalue weighted by Crippen LogP contribution is 2.24. The Balaban J connectivity index is 2.28. The molecule has 4 heteroatoms. The van der Waals surface area contributed by atoms with E-state index in [1.807, 2.05) is 55.1 Å². The molecule has 112 valence electrons. The highest BCUT2D eigenvalue weighted by atomic mass is 127. The molecule has 0 aliphatic rings. The Bertz CT molecular complexity index is 704. The van der Waals surface area contributed by atoms with E-state index in [4.69, 9.17) is 5.26 Å². The lowest BCUT2D eigenvalue weighted by molar-refractivity contribution is 0.0701. The van der Waals surface area contributed by atoms with Crippen molar-refractivity contribution < 1.29 is 4.79 Å². The first-order valence-corrected chi connectivity index (χ1v) is 8.22. The second-order valence-electron chi connectivity index (χ2n) is 4.98. The normalized spacial score (nSPS) is 11.5. The van der Waals surface area contributed by atoms with E-state index in [2.05, 4.69) is 28.7 Å². The average Bonchev–Trinajstić information content (AvgIpc) is 2.55. The number of rotatable bonds is 4. The standard InChI is InChI=1S/C18H17IN2O/c1-3-21(18(22)16-6-4-5-7-17(16)19)13(2)15-10-8-14(12-20)9-11-15/h4-11,13H,3H2,1-2H3. The third-order valence-electron chi connectivity index (χ3n) is 3.70. The Labute approximate surface area is 144 Å². The lowest BCUT2D eigenvalue weighted by atomic mass is 10.0. The monoisotopic (exact) mass is 404 g/mol. The van der Waals surface area contributed by atoms with Crippen LogP contribution in [-0.4, -0.2) is 17.4 Å². The third kappa shape index (κ3) is 3.47. The molecular formula is C18H17IN2O. The highest BCUT2D eigenvalue weighted by Gasteiger charge is 2.22. The number of hydrogen-bond donors (Lipinski definition) is 0. The number of nitriles is 1. The van der Waals surface area contributed by atoms with Gasteiger partial charge in [-0.25, -0.2) is 0 Å². The summed E-state index contributed by atoms with van der Waals surface area (Å²) in [5, 5.41) is 8.87. The summed E-state index contributed by atoms with van der Waals surface area (Å²) in [4.78, 5) is 14.6. The van der Waals surface area contributed by atoms with Gasteiger partial charge >= 0.3 is 0 Å². The largest absolute Gasteiger partial charge is 0.332 e. The van der Waals surface area contributed by atoms with Gasteiger partial charge in [-0.1, -0.05) is 24.3 Å². The number of halogens is 1. The van der Waals surface area contributed by atoms with E-state index in [-0.39, 0.29) is 11.9 Å². The second-order valence-corrected chi connectivity index (χ2v) is 6.14. The van der Waals surface area contributed by atoms with Crippen LogP contribution in [0.3, 0.4) is 0 Å². The SMILES string of the molecule is CCN(C(=O)c1ccccc1I)C(C)c1ccc(C#N)cc1. The molecule has 0 bridgehead atoms. The van der Waals surface area contributed by atoms with Gasteiger partial charge in [0.05, 0.1) is 23.2 Å². The minimum atomic E-state index is -0.0405. The summed E-state index contributed by atoms with van der Waals surface area (Å²) in [5.74, 6) is 0.0318. The molecule has 0 spiro atoms. The van der Waals surface area contributed by atoms with Gasteiger partial charge in [-0.3, -0.25) is 4.79 Å². The molecule has 0 N–H and O–H groups in total. The summed E-state index contributed by atoms with van der Waals surface area (Å²) in [5.41, 5.74) is 2.38. The molecule has 0 aliphatic carbocycles. The van der Waals surface area contributed by atoms with E-state index < -0.39 is 0 Å². The predicted molar refractivity (Wildman–Crippen MR) is 95.4 cm³/mol. The zero-order valence-corrected chi connectivity index (χ0v) is 14.7. The van der Waals surface area contributed by atoms with Crippen LogP contribution in [0.4, 0.5) is 0 Å². The molecule has 3 nitrogen and oxygen atoms in total. The zero-order chi connectivity index (χ0) is 16.1. The summed E-state index contributed by atoms with van der Waals surface area (Å²) in [6.45, 7) is 4.62. The molecule has 2 aromatic rings. The van der Waals surface area contributed by atoms with Gasteiger partial charge in [0.2, 0.25) is 0 Å². The summed E-state index contributed by atoms with van der Waals surface area (Å²) < 4.78 is 0.954. The number of hydrogen-bond acceptors (Lipinski definition) is 2. The molecule has 1 amide bonds. The van der Waals surface area contributed by atoms with E-state index in [0.29, 0.717) is 12.1 Å². The van der Waals surface area contributed by atoms with Crippen LogP contribution in [0.5, 0.6) is 0 Å². The van der Waals surface area contributed by atoms with Crippen molar-refractivity contribution in [3.63, 3.8) is 0 Å². The van der Waals surface area contributed by atoms with Crippen molar-refractivity contribution in [1.29, 1.82) is 5.26 Å². The van der Waals surface area contributed by atoms with E-state index >= 15 is 0 Å². The molecule has 0 saturated carbocycles. The minimum absolute atomic E-state index is 0.0318. The molecule has 2 aromatic carbocycles. The van der Waals surface area contributed by atoms with Crippen molar-refractivity contribution in [2.45, 2.75) is 19.9 Å². The summed E-state index contributed by atoms with van der Waals surface area (Å²) >= 11 is 2.19. The fourth-order valence-corrected chi connectivity index (χ4v) is 3.02. The maximum atomic E-state index is 12.8. The van der Waals surface area contributed by atoms with Gasteiger partial charge in [-0.2, -0.15) is 5.26 Å². The Hall–Kier alpha value is -1.87. The van der Waals surface area contributed by atoms with Crippen molar-refractivity contribution in [3.05, 3.63) is 68.8 Å². The topological polar surface area (TPSA) is 44.1 Å². The fourth-order valence-electron chi connectivity index (χ4n) is 2.40. The van der Waals surface area contributed by atoms with Crippen molar-refractivity contribution in [1.82, 2.24) is 4.90 Å². The van der Waals surface area contributed by atoms with E-state index in [0.717, 1.165) is 14.7 Å². The van der Waals surface area contributed by atoms with Crippen molar-refractivity contribution in [3.8, 4) is 6.07 Å². The lowest BCUT2D eigenvalue weighted by Crippen LogP contribution is -2.33. The molecule has 1 atom stereocenters. The van der Waals surface area contributed by atoms with Crippen LogP contribution in [0.15, 0.2) is 48.5 Å². The van der Waals surface area contributed by atoms with Crippen molar-refractivity contribution in [2.24, 2.45) is 0 Å². The zero-order valence-electron chi connectivity index (χ0n) is 12.6. The van der Waals surface area contributed by atoms with Crippen LogP contribution in [-0.2, 0) is 0 Å². The molecule has 0 aliphatic heterocycles. The first-order chi connectivity index (χ1) is 10.6. The van der Waals surface area contributed by atoms with Gasteiger partial charge in [-0.05, 0) is 66.3 Å². The Morgan fingerprint density at radius 2 is 1.86 bits per heavy atom. The predicted octanol–water partition coefficient (Wildman–Crippen LogP) is 4.39. The summed E-state index contributed by atoms with van der Waals surface area (Å²) in [6.07, 6.45) is 0. The maximum Gasteiger partial charge on any atom is 0.255 e. The molecule has 22 heavy (non-hydrogen) atoms. The van der Waals surface area contributed by atoms with E-state index in [1.165, 1.54) is 0 Å². The van der Waals surface area contributed by atoms with Gasteiger partial charge in [0.15, 0.2) is 0 Å². The van der Waals surface area contributed by atoms with Gasteiger partial charge in [0.25, 0.3) is 5.91 Å². The number of carbonyl (C=O) groups excluding carboxylic acids is 1. The molecule has 2 rings (SSSR count). The van der Waals surface area contributed by atoms with Crippen molar-refractivity contribution in [2.75, 3.05) is 6.54 Å². The smallest absolute Gasteiger partial charge is 0.255 e. The van der Waals surface area contributed by atoms with Gasteiger partial charge in [-0.15, -0.1) is 0 Å². The van der Waals surface area contributed by atoms with Crippen LogP contribution in [0.25, 0.3) is 0 Å². The highest BCUT2D eigenvalue weighted by molar-refractivity contribution is 14.1. The maximum absolute atomic E-state index is 12.8. The number of benzene rings is 2. The van der Waals surface area contributed by atoms with Crippen LogP contribution in [0.1, 0.15) is 41.4 Å². The fraction of sp³-hybridized carbons (Fsp3) is 0.222. The number of nitrogens with zero attached hydrogens (tertiary/aromatic N) is 2. The summed E-state index contributed by atoms with van der Waals surface area (Å²) in [6, 6.07) is 17.1. The van der Waals surface area contributed by atoms with Crippen LogP contribution >= 0.6 is 22.6 Å². The minimum Gasteiger partial charge on any atom is -0.332 e. The van der Waals surface area contributed by atoms with E-state index in [9.17, 15) is 4.79 Å². The molecule has 1 unspecified atom stereocenters. The molecular weight excluding hydrogens is 387 g/mol. The number of amides is 1. The molecule has 0 heterocycles. The first-order valence-electron chi connectivity index (χ1n) is 7.14. The van der Waals surface area contributed by atoms with Crippen LogP contribution < -0.4 is 0 Å². The Morgan fingerprint density at radius 1 is 1.23 bits per heavy atom. The van der Waals surface area contributed by atoms with Gasteiger partial charge < -0.3 is 4.90 Å². The van der Waals surface area contributed by atoms with Crippen LogP contribution in [0.2, 0.25) is 0 Å². The molecule has 0 radical (unpaired) electrons.